The van der Waals surface area contributed by atoms with Crippen LogP contribution in [0.2, 0.25) is 0 Å². The molecule has 0 bridgehead atoms. The molecule has 2 N–H and O–H groups in total. The number of aryl methyl sites for hydroxylation is 2. The largest absolute Gasteiger partial charge is 0.368 e. The molecule has 1 fully saturated rings. The summed E-state index contributed by atoms with van der Waals surface area (Å²) in [6, 6.07) is 5.66. The Morgan fingerprint density at radius 1 is 1.24 bits per heavy atom. The molecule has 0 unspecified atom stereocenters. The normalized spacial score (nSPS) is 14.6. The van der Waals surface area contributed by atoms with E-state index in [9.17, 15) is 10.0 Å². The first-order valence-electron chi connectivity index (χ1n) is 11.6. The van der Waals surface area contributed by atoms with Gasteiger partial charge in [0.2, 0.25) is 11.9 Å². The zero-order valence-electron chi connectivity index (χ0n) is 19.7. The van der Waals surface area contributed by atoms with Crippen molar-refractivity contribution < 1.29 is 14.7 Å². The van der Waals surface area contributed by atoms with Crippen LogP contribution in [0.3, 0.4) is 0 Å². The fourth-order valence-corrected chi connectivity index (χ4v) is 5.07. The molecule has 1 aliphatic rings. The fourth-order valence-electron chi connectivity index (χ4n) is 4.30. The van der Waals surface area contributed by atoms with Crippen LogP contribution < -0.4 is 14.9 Å². The van der Waals surface area contributed by atoms with E-state index in [0.29, 0.717) is 18.0 Å². The molecule has 34 heavy (non-hydrogen) atoms. The van der Waals surface area contributed by atoms with Crippen molar-refractivity contribution in [2.24, 2.45) is 5.92 Å². The number of nitrogens with zero attached hydrogens (tertiary/aromatic N) is 5. The number of fused-ring (bicyclic) bond motifs is 1. The van der Waals surface area contributed by atoms with Crippen LogP contribution in [0.1, 0.15) is 46.3 Å². The second kappa shape index (κ2) is 9.06. The van der Waals surface area contributed by atoms with E-state index in [2.05, 4.69) is 22.1 Å². The molecule has 1 aliphatic heterocycles. The van der Waals surface area contributed by atoms with Gasteiger partial charge in [0.15, 0.2) is 5.65 Å². The lowest BCUT2D eigenvalue weighted by Crippen LogP contribution is -2.35. The van der Waals surface area contributed by atoms with Gasteiger partial charge in [0.1, 0.15) is 10.7 Å². The van der Waals surface area contributed by atoms with E-state index in [-0.39, 0.29) is 5.91 Å². The van der Waals surface area contributed by atoms with Crippen LogP contribution in [0.15, 0.2) is 43.0 Å². The third-order valence-corrected chi connectivity index (χ3v) is 7.39. The molecule has 0 atom stereocenters. The summed E-state index contributed by atoms with van der Waals surface area (Å²) in [6.45, 7) is 8.34. The molecule has 0 aromatic carbocycles. The smallest absolute Gasteiger partial charge is 0.253 e. The minimum atomic E-state index is -0.173. The number of anilines is 1. The first kappa shape index (κ1) is 22.3. The lowest BCUT2D eigenvalue weighted by Gasteiger charge is -2.32. The van der Waals surface area contributed by atoms with E-state index in [0.717, 1.165) is 68.8 Å². The second-order valence-electron chi connectivity index (χ2n) is 9.10. The summed E-state index contributed by atoms with van der Waals surface area (Å²) >= 11 is 1.61. The summed E-state index contributed by atoms with van der Waals surface area (Å²) < 4.78 is 3.06. The molecule has 176 valence electrons. The molecule has 1 amide bonds. The molecule has 9 heteroatoms. The van der Waals surface area contributed by atoms with Crippen molar-refractivity contribution in [1.29, 1.82) is 0 Å². The molecule has 8 nitrogen and oxygen atoms in total. The second-order valence-corrected chi connectivity index (χ2v) is 10.3. The van der Waals surface area contributed by atoms with Crippen LogP contribution in [0.5, 0.6) is 0 Å². The van der Waals surface area contributed by atoms with Crippen molar-refractivity contribution in [2.75, 3.05) is 18.0 Å². The zero-order valence-corrected chi connectivity index (χ0v) is 20.5. The van der Waals surface area contributed by atoms with Crippen molar-refractivity contribution in [3.05, 3.63) is 64.7 Å². The third kappa shape index (κ3) is 4.35. The Morgan fingerprint density at radius 2 is 2.03 bits per heavy atom. The zero-order chi connectivity index (χ0) is 23.8. The highest BCUT2D eigenvalue weighted by molar-refractivity contribution is 7.14. The summed E-state index contributed by atoms with van der Waals surface area (Å²) in [5.41, 5.74) is 4.81. The Labute approximate surface area is 202 Å². The predicted octanol–water partition coefficient (Wildman–Crippen LogP) is 3.77. The third-order valence-electron chi connectivity index (χ3n) is 6.45. The summed E-state index contributed by atoms with van der Waals surface area (Å²) in [7, 11) is 0. The quantitative estimate of drug-likeness (QED) is 0.338. The van der Waals surface area contributed by atoms with Gasteiger partial charge in [0.25, 0.3) is 5.91 Å². The molecule has 0 radical (unpaired) electrons. The Balaban J connectivity index is 1.51. The summed E-state index contributed by atoms with van der Waals surface area (Å²) in [5.74, 6) is 0.532. The van der Waals surface area contributed by atoms with E-state index in [4.69, 9.17) is 4.98 Å². The maximum absolute atomic E-state index is 13.2. The topological polar surface area (TPSA) is 86.6 Å². The summed E-state index contributed by atoms with van der Waals surface area (Å²) in [4.78, 5) is 26.0. The molecule has 4 aromatic heterocycles. The van der Waals surface area contributed by atoms with Gasteiger partial charge in [-0.15, -0.1) is 11.3 Å². The van der Waals surface area contributed by atoms with Gasteiger partial charge in [-0.25, -0.2) is 9.97 Å². The van der Waals surface area contributed by atoms with Gasteiger partial charge in [0, 0.05) is 60.2 Å². The standard InChI is InChI=1S/C25H28N6O2S/c1-16-6-8-29(9-7-16)21-10-20(24(32)27-12-19-5-4-17(2)31(33)14-19)15-30-22(13-26-23(21)30)25-28-11-18(3)34-25/h4-5,10-11,13-16H,6-9,12H2,1-3H3,(H-,27,32,33)/p+1. The molecule has 5 rings (SSSR count). The van der Waals surface area contributed by atoms with Crippen LogP contribution in [0.25, 0.3) is 16.3 Å². The van der Waals surface area contributed by atoms with Gasteiger partial charge in [-0.3, -0.25) is 14.4 Å². The average Bonchev–Trinajstić information content (AvgIpc) is 3.45. The van der Waals surface area contributed by atoms with Gasteiger partial charge in [-0.1, -0.05) is 6.92 Å². The molecular weight excluding hydrogens is 448 g/mol. The van der Waals surface area contributed by atoms with E-state index in [1.165, 1.54) is 0 Å². The van der Waals surface area contributed by atoms with E-state index >= 15 is 0 Å². The number of pyridine rings is 2. The lowest BCUT2D eigenvalue weighted by atomic mass is 9.99. The van der Waals surface area contributed by atoms with Gasteiger partial charge < -0.3 is 10.2 Å². The minimum absolute atomic E-state index is 0.173. The number of amides is 1. The lowest BCUT2D eigenvalue weighted by molar-refractivity contribution is -0.909. The Bertz CT molecular complexity index is 1350. The number of imidazole rings is 1. The van der Waals surface area contributed by atoms with Crippen LogP contribution in [0, 0.1) is 19.8 Å². The summed E-state index contributed by atoms with van der Waals surface area (Å²) in [6.07, 6.45) is 9.40. The van der Waals surface area contributed by atoms with E-state index in [1.54, 1.807) is 17.5 Å². The van der Waals surface area contributed by atoms with Crippen LogP contribution in [-0.4, -0.2) is 38.6 Å². The fraction of sp³-hybridized carbons (Fsp3) is 0.360. The Morgan fingerprint density at radius 3 is 2.74 bits per heavy atom. The highest BCUT2D eigenvalue weighted by Gasteiger charge is 2.23. The monoisotopic (exact) mass is 477 g/mol. The minimum Gasteiger partial charge on any atom is -0.368 e. The Hall–Kier alpha value is -3.46. The van der Waals surface area contributed by atoms with Crippen LogP contribution >= 0.6 is 11.3 Å². The van der Waals surface area contributed by atoms with Gasteiger partial charge >= 0.3 is 0 Å². The number of carbonyl (C=O) groups is 1. The van der Waals surface area contributed by atoms with E-state index < -0.39 is 0 Å². The maximum atomic E-state index is 13.2. The van der Waals surface area contributed by atoms with Crippen molar-refractivity contribution in [1.82, 2.24) is 19.7 Å². The number of nitrogens with one attached hydrogen (secondary N) is 1. The molecule has 5 heterocycles. The first-order chi connectivity index (χ1) is 16.4. The van der Waals surface area contributed by atoms with E-state index in [1.807, 2.05) is 55.0 Å². The number of hydrogen-bond donors (Lipinski definition) is 2. The Kier molecular flexibility index (Phi) is 5.95. The van der Waals surface area contributed by atoms with Crippen LogP contribution in [-0.2, 0) is 6.54 Å². The molecule has 1 saturated heterocycles. The number of thiazole rings is 1. The highest BCUT2D eigenvalue weighted by Crippen LogP contribution is 2.32. The average molecular weight is 478 g/mol. The van der Waals surface area contributed by atoms with Crippen molar-refractivity contribution in [3.63, 3.8) is 0 Å². The molecule has 0 aliphatic carbocycles. The van der Waals surface area contributed by atoms with Gasteiger partial charge in [-0.05, 0) is 37.8 Å². The molecule has 0 spiro atoms. The first-order valence-corrected chi connectivity index (χ1v) is 12.4. The van der Waals surface area contributed by atoms with Gasteiger partial charge in [-0.2, -0.15) is 0 Å². The predicted molar refractivity (Wildman–Crippen MR) is 131 cm³/mol. The number of rotatable bonds is 5. The van der Waals surface area contributed by atoms with Crippen molar-refractivity contribution >= 4 is 28.6 Å². The molecule has 4 aromatic rings. The number of carbonyl (C=O) groups excluding carboxylic acids is 1. The van der Waals surface area contributed by atoms with Gasteiger partial charge in [0.05, 0.1) is 17.4 Å². The number of aromatic nitrogens is 4. The molecular formula is C25H29N6O2S+. The number of hydrogen-bond acceptors (Lipinski definition) is 6. The highest BCUT2D eigenvalue weighted by atomic mass is 32.1. The maximum Gasteiger partial charge on any atom is 0.253 e. The SMILES string of the molecule is Cc1cnc(-c2cnc3c(N4CCC(C)CC4)cc(C(=O)NCc4ccc(C)[n+](O)c4)cn23)s1. The number of piperidine rings is 1. The summed E-state index contributed by atoms with van der Waals surface area (Å²) in [5, 5.41) is 13.8. The van der Waals surface area contributed by atoms with Crippen molar-refractivity contribution in [2.45, 2.75) is 40.2 Å². The van der Waals surface area contributed by atoms with Crippen molar-refractivity contribution in [3.8, 4) is 10.7 Å². The molecule has 0 saturated carbocycles. The van der Waals surface area contributed by atoms with Crippen LogP contribution in [0.4, 0.5) is 5.69 Å².